The molecule has 2 aromatic carbocycles. The molecule has 0 unspecified atom stereocenters. The van der Waals surface area contributed by atoms with Crippen LogP contribution >= 0.6 is 23.2 Å². The number of nitrogens with one attached hydrogen (secondary N) is 1. The van der Waals surface area contributed by atoms with Gasteiger partial charge < -0.3 is 10.2 Å². The van der Waals surface area contributed by atoms with Crippen molar-refractivity contribution < 1.29 is 4.79 Å². The molecule has 0 saturated carbocycles. The molecule has 1 aromatic heterocycles. The van der Waals surface area contributed by atoms with Gasteiger partial charge in [0.1, 0.15) is 5.82 Å². The van der Waals surface area contributed by atoms with E-state index in [1.807, 2.05) is 30.0 Å². The smallest absolute Gasteiger partial charge is 0.255 e. The zero-order valence-electron chi connectivity index (χ0n) is 14.7. The van der Waals surface area contributed by atoms with Crippen LogP contribution in [0.4, 0.5) is 5.82 Å². The number of rotatable bonds is 3. The molecule has 0 radical (unpaired) electrons. The van der Waals surface area contributed by atoms with Crippen molar-refractivity contribution in [1.82, 2.24) is 14.9 Å². The molecule has 0 aliphatic carbocycles. The van der Waals surface area contributed by atoms with Gasteiger partial charge in [-0.15, -0.1) is 0 Å². The molecule has 1 aliphatic heterocycles. The van der Waals surface area contributed by atoms with Crippen molar-refractivity contribution in [3.05, 3.63) is 63.8 Å². The van der Waals surface area contributed by atoms with E-state index in [0.717, 1.165) is 23.0 Å². The minimum Gasteiger partial charge on any atom is -0.364 e. The maximum absolute atomic E-state index is 12.8. The lowest BCUT2D eigenvalue weighted by Gasteiger charge is -2.18. The van der Waals surface area contributed by atoms with Gasteiger partial charge in [0.25, 0.3) is 5.91 Å². The molecule has 1 aliphatic rings. The zero-order chi connectivity index (χ0) is 19.0. The first-order chi connectivity index (χ1) is 13.0. The predicted octanol–water partition coefficient (Wildman–Crippen LogP) is 4.57. The van der Waals surface area contributed by atoms with E-state index in [-0.39, 0.29) is 11.9 Å². The second-order valence-electron chi connectivity index (χ2n) is 6.75. The topological polar surface area (TPSA) is 58.1 Å². The summed E-state index contributed by atoms with van der Waals surface area (Å²) < 4.78 is 0. The maximum atomic E-state index is 12.8. The maximum Gasteiger partial charge on any atom is 0.255 e. The molecular formula is C20H18Cl2N4O. The number of carbonyl (C=O) groups is 1. The average Bonchev–Trinajstić information content (AvgIpc) is 3.11. The van der Waals surface area contributed by atoms with E-state index < -0.39 is 0 Å². The summed E-state index contributed by atoms with van der Waals surface area (Å²) in [7, 11) is 0. The summed E-state index contributed by atoms with van der Waals surface area (Å²) in [4.78, 5) is 23.6. The third kappa shape index (κ3) is 3.84. The Morgan fingerprint density at radius 3 is 2.89 bits per heavy atom. The van der Waals surface area contributed by atoms with Crippen LogP contribution in [0.25, 0.3) is 11.0 Å². The Bertz CT molecular complexity index is 1020. The highest BCUT2D eigenvalue weighted by Crippen LogP contribution is 2.23. The SMILES string of the molecule is Cc1ccc(Cl)c(C(=O)N2CC[C@@H](Nc3cnc4ccc(Cl)cc4n3)C2)c1. The van der Waals surface area contributed by atoms with E-state index in [2.05, 4.69) is 15.3 Å². The summed E-state index contributed by atoms with van der Waals surface area (Å²) in [6.45, 7) is 3.22. The van der Waals surface area contributed by atoms with Gasteiger partial charge in [-0.25, -0.2) is 4.98 Å². The zero-order valence-corrected chi connectivity index (χ0v) is 16.3. The minimum atomic E-state index is -0.0376. The highest BCUT2D eigenvalue weighted by atomic mass is 35.5. The Labute approximate surface area is 167 Å². The summed E-state index contributed by atoms with van der Waals surface area (Å²) in [5.74, 6) is 0.641. The van der Waals surface area contributed by atoms with Crippen molar-refractivity contribution in [2.45, 2.75) is 19.4 Å². The van der Waals surface area contributed by atoms with Gasteiger partial charge in [-0.2, -0.15) is 0 Å². The van der Waals surface area contributed by atoms with Crippen LogP contribution in [0.3, 0.4) is 0 Å². The fourth-order valence-corrected chi connectivity index (χ4v) is 3.66. The molecule has 0 spiro atoms. The number of carbonyl (C=O) groups excluding carboxylic acids is 1. The third-order valence-corrected chi connectivity index (χ3v) is 5.25. The van der Waals surface area contributed by atoms with Gasteiger partial charge in [0.05, 0.1) is 27.8 Å². The van der Waals surface area contributed by atoms with Gasteiger partial charge in [-0.05, 0) is 43.7 Å². The summed E-state index contributed by atoms with van der Waals surface area (Å²) in [6, 6.07) is 11.1. The molecule has 5 nitrogen and oxygen atoms in total. The van der Waals surface area contributed by atoms with Gasteiger partial charge in [0, 0.05) is 24.2 Å². The van der Waals surface area contributed by atoms with E-state index in [0.29, 0.717) is 34.5 Å². The van der Waals surface area contributed by atoms with Crippen LogP contribution in [0.1, 0.15) is 22.3 Å². The molecule has 1 amide bonds. The van der Waals surface area contributed by atoms with Gasteiger partial charge >= 0.3 is 0 Å². The van der Waals surface area contributed by atoms with Crippen LogP contribution in [-0.4, -0.2) is 39.9 Å². The molecule has 27 heavy (non-hydrogen) atoms. The summed E-state index contributed by atoms with van der Waals surface area (Å²) >= 11 is 12.2. The fraction of sp³-hybridized carbons (Fsp3) is 0.250. The molecular weight excluding hydrogens is 383 g/mol. The number of fused-ring (bicyclic) bond motifs is 1. The van der Waals surface area contributed by atoms with Crippen molar-refractivity contribution in [3.63, 3.8) is 0 Å². The van der Waals surface area contributed by atoms with Crippen LogP contribution in [0.2, 0.25) is 10.0 Å². The molecule has 138 valence electrons. The second-order valence-corrected chi connectivity index (χ2v) is 7.60. The quantitative estimate of drug-likeness (QED) is 0.699. The second kappa shape index (κ2) is 7.33. The van der Waals surface area contributed by atoms with Gasteiger partial charge in [-0.3, -0.25) is 9.78 Å². The number of hydrogen-bond acceptors (Lipinski definition) is 4. The standard InChI is InChI=1S/C20H18Cl2N4O/c1-12-2-4-16(22)15(8-12)20(27)26-7-6-14(11-26)24-19-10-23-17-5-3-13(21)9-18(17)25-19/h2-5,8-10,14H,6-7,11H2,1H3,(H,24,25)/t14-/m1/s1. The van der Waals surface area contributed by atoms with E-state index in [9.17, 15) is 4.79 Å². The summed E-state index contributed by atoms with van der Waals surface area (Å²) in [5.41, 5.74) is 3.10. The van der Waals surface area contributed by atoms with E-state index in [1.165, 1.54) is 0 Å². The van der Waals surface area contributed by atoms with Crippen molar-refractivity contribution in [3.8, 4) is 0 Å². The van der Waals surface area contributed by atoms with Crippen LogP contribution in [-0.2, 0) is 0 Å². The third-order valence-electron chi connectivity index (χ3n) is 4.68. The van der Waals surface area contributed by atoms with Crippen molar-refractivity contribution in [2.24, 2.45) is 0 Å². The molecule has 3 aromatic rings. The first-order valence-corrected chi connectivity index (χ1v) is 9.49. The molecule has 0 bridgehead atoms. The largest absolute Gasteiger partial charge is 0.364 e. The number of benzene rings is 2. The predicted molar refractivity (Wildman–Crippen MR) is 109 cm³/mol. The first-order valence-electron chi connectivity index (χ1n) is 8.74. The van der Waals surface area contributed by atoms with E-state index in [4.69, 9.17) is 23.2 Å². The number of likely N-dealkylation sites (tertiary alicyclic amines) is 1. The number of nitrogens with zero attached hydrogens (tertiary/aromatic N) is 3. The minimum absolute atomic E-state index is 0.0376. The Morgan fingerprint density at radius 1 is 1.19 bits per heavy atom. The number of hydrogen-bond donors (Lipinski definition) is 1. The van der Waals surface area contributed by atoms with E-state index in [1.54, 1.807) is 24.4 Å². The van der Waals surface area contributed by atoms with Gasteiger partial charge in [0.15, 0.2) is 0 Å². The molecule has 1 atom stereocenters. The number of amides is 1. The number of aryl methyl sites for hydroxylation is 1. The molecule has 7 heteroatoms. The Morgan fingerprint density at radius 2 is 2.04 bits per heavy atom. The highest BCUT2D eigenvalue weighted by molar-refractivity contribution is 6.33. The fourth-order valence-electron chi connectivity index (χ4n) is 3.30. The molecule has 1 saturated heterocycles. The van der Waals surface area contributed by atoms with Crippen molar-refractivity contribution in [1.29, 1.82) is 0 Å². The van der Waals surface area contributed by atoms with Gasteiger partial charge in [0.2, 0.25) is 0 Å². The summed E-state index contributed by atoms with van der Waals surface area (Å²) in [5, 5.41) is 4.48. The monoisotopic (exact) mass is 400 g/mol. The Hall–Kier alpha value is -2.37. The molecule has 1 fully saturated rings. The lowest BCUT2D eigenvalue weighted by molar-refractivity contribution is 0.0791. The lowest BCUT2D eigenvalue weighted by atomic mass is 10.1. The summed E-state index contributed by atoms with van der Waals surface area (Å²) in [6.07, 6.45) is 2.54. The van der Waals surface area contributed by atoms with Crippen LogP contribution in [0.15, 0.2) is 42.6 Å². The van der Waals surface area contributed by atoms with Crippen LogP contribution < -0.4 is 5.32 Å². The first kappa shape index (κ1) is 18.0. The van der Waals surface area contributed by atoms with Crippen LogP contribution in [0.5, 0.6) is 0 Å². The average molecular weight is 401 g/mol. The van der Waals surface area contributed by atoms with Crippen molar-refractivity contribution >= 4 is 46.0 Å². The van der Waals surface area contributed by atoms with E-state index >= 15 is 0 Å². The number of aromatic nitrogens is 2. The Kier molecular flexibility index (Phi) is 4.89. The molecule has 2 heterocycles. The number of anilines is 1. The highest BCUT2D eigenvalue weighted by Gasteiger charge is 2.28. The number of halogens is 2. The van der Waals surface area contributed by atoms with Crippen molar-refractivity contribution in [2.75, 3.05) is 18.4 Å². The van der Waals surface area contributed by atoms with Crippen LogP contribution in [0, 0.1) is 6.92 Å². The molecule has 1 N–H and O–H groups in total. The molecule has 4 rings (SSSR count). The lowest BCUT2D eigenvalue weighted by Crippen LogP contribution is -2.32. The van der Waals surface area contributed by atoms with Gasteiger partial charge in [-0.1, -0.05) is 34.8 Å². The normalized spacial score (nSPS) is 16.7. The Balaban J connectivity index is 1.46.